The molecular weight excluding hydrogens is 500 g/mol. The number of benzene rings is 3. The van der Waals surface area contributed by atoms with Crippen LogP contribution >= 0.6 is 11.6 Å². The summed E-state index contributed by atoms with van der Waals surface area (Å²) in [5, 5.41) is 4.04. The molecule has 2 aliphatic rings. The first-order valence-corrected chi connectivity index (χ1v) is 13.4. The molecule has 3 aromatic carbocycles. The van der Waals surface area contributed by atoms with Gasteiger partial charge in [-0.05, 0) is 72.0 Å². The van der Waals surface area contributed by atoms with Gasteiger partial charge in [0.2, 0.25) is 0 Å². The second-order valence-corrected chi connectivity index (χ2v) is 10.9. The highest BCUT2D eigenvalue weighted by atomic mass is 35.5. The van der Waals surface area contributed by atoms with Crippen molar-refractivity contribution in [2.75, 3.05) is 31.4 Å². The lowest BCUT2D eigenvalue weighted by molar-refractivity contribution is 0.353. The van der Waals surface area contributed by atoms with Gasteiger partial charge in [0.05, 0.1) is 38.0 Å². The van der Waals surface area contributed by atoms with E-state index in [2.05, 4.69) is 22.2 Å². The molecule has 1 aliphatic heterocycles. The number of hydrogen-bond acceptors (Lipinski definition) is 6. The van der Waals surface area contributed by atoms with Crippen molar-refractivity contribution in [1.82, 2.24) is 0 Å². The van der Waals surface area contributed by atoms with Crippen LogP contribution in [0.1, 0.15) is 29.5 Å². The molecular formula is C27H27ClN2O5S. The Morgan fingerprint density at radius 2 is 1.67 bits per heavy atom. The summed E-state index contributed by atoms with van der Waals surface area (Å²) < 4.78 is 45.4. The summed E-state index contributed by atoms with van der Waals surface area (Å²) in [6.45, 7) is 0. The Hall–Kier alpha value is -3.36. The van der Waals surface area contributed by atoms with Crippen LogP contribution in [0.2, 0.25) is 5.02 Å². The van der Waals surface area contributed by atoms with Gasteiger partial charge >= 0.3 is 0 Å². The zero-order chi connectivity index (χ0) is 25.4. The summed E-state index contributed by atoms with van der Waals surface area (Å²) in [6.07, 6.45) is 5.21. The Kier molecular flexibility index (Phi) is 6.49. The SMILES string of the molecule is COc1ccc(Cl)cc1NS(=O)(=O)c1ccc2c(c1)[C@H]1C=CC[C@H]1[C@@H](c1ccc(OC)c(OC)c1)N2. The number of anilines is 2. The van der Waals surface area contributed by atoms with Gasteiger partial charge in [-0.3, -0.25) is 4.72 Å². The van der Waals surface area contributed by atoms with Crippen LogP contribution in [0.5, 0.6) is 17.2 Å². The highest BCUT2D eigenvalue weighted by Gasteiger charge is 2.38. The predicted octanol–water partition coefficient (Wildman–Crippen LogP) is 5.99. The second-order valence-electron chi connectivity index (χ2n) is 8.79. The molecule has 5 rings (SSSR count). The fourth-order valence-electron chi connectivity index (χ4n) is 5.08. The van der Waals surface area contributed by atoms with Crippen LogP contribution in [0.25, 0.3) is 0 Å². The molecule has 2 N–H and O–H groups in total. The molecule has 0 radical (unpaired) electrons. The van der Waals surface area contributed by atoms with Gasteiger partial charge in [0.1, 0.15) is 5.75 Å². The monoisotopic (exact) mass is 526 g/mol. The molecule has 7 nitrogen and oxygen atoms in total. The van der Waals surface area contributed by atoms with Gasteiger partial charge in [-0.2, -0.15) is 0 Å². The second kappa shape index (κ2) is 9.59. The summed E-state index contributed by atoms with van der Waals surface area (Å²) in [4.78, 5) is 0.175. The minimum Gasteiger partial charge on any atom is -0.495 e. The first kappa shape index (κ1) is 24.3. The largest absolute Gasteiger partial charge is 0.495 e. The third-order valence-corrected chi connectivity index (χ3v) is 8.42. The van der Waals surface area contributed by atoms with E-state index in [-0.39, 0.29) is 28.5 Å². The van der Waals surface area contributed by atoms with Crippen molar-refractivity contribution in [3.05, 3.63) is 82.9 Å². The summed E-state index contributed by atoms with van der Waals surface area (Å²) in [5.41, 5.74) is 3.23. The topological polar surface area (TPSA) is 85.9 Å². The van der Waals surface area contributed by atoms with E-state index in [4.69, 9.17) is 25.8 Å². The molecule has 188 valence electrons. The van der Waals surface area contributed by atoms with Crippen LogP contribution in [0.4, 0.5) is 11.4 Å². The number of fused-ring (bicyclic) bond motifs is 3. The fourth-order valence-corrected chi connectivity index (χ4v) is 6.35. The number of hydrogen-bond donors (Lipinski definition) is 2. The van der Waals surface area contributed by atoms with Gasteiger partial charge < -0.3 is 19.5 Å². The van der Waals surface area contributed by atoms with Crippen molar-refractivity contribution >= 4 is 33.0 Å². The lowest BCUT2D eigenvalue weighted by atomic mass is 9.77. The van der Waals surface area contributed by atoms with Crippen molar-refractivity contribution < 1.29 is 22.6 Å². The average Bonchev–Trinajstić information content (AvgIpc) is 3.38. The molecule has 0 saturated heterocycles. The Labute approximate surface area is 216 Å². The fraction of sp³-hybridized carbons (Fsp3) is 0.259. The van der Waals surface area contributed by atoms with Crippen LogP contribution in [0, 0.1) is 5.92 Å². The number of allylic oxidation sites excluding steroid dienone is 2. The van der Waals surface area contributed by atoms with E-state index in [1.807, 2.05) is 24.3 Å². The van der Waals surface area contributed by atoms with E-state index in [1.165, 1.54) is 13.2 Å². The van der Waals surface area contributed by atoms with Crippen molar-refractivity contribution in [2.24, 2.45) is 5.92 Å². The number of sulfonamides is 1. The normalized spacial score (nSPS) is 20.2. The summed E-state index contributed by atoms with van der Waals surface area (Å²) in [6, 6.07) is 16.0. The Bertz CT molecular complexity index is 1440. The van der Waals surface area contributed by atoms with Crippen molar-refractivity contribution in [1.29, 1.82) is 0 Å². The van der Waals surface area contributed by atoms with Crippen LogP contribution in [0.15, 0.2) is 71.6 Å². The first-order chi connectivity index (χ1) is 17.3. The Morgan fingerprint density at radius 1 is 0.917 bits per heavy atom. The van der Waals surface area contributed by atoms with Gasteiger partial charge in [0.15, 0.2) is 11.5 Å². The summed E-state index contributed by atoms with van der Waals surface area (Å²) >= 11 is 6.08. The standard InChI is InChI=1S/C27H27ClN2O5S/c1-33-24-12-8-17(28)14-23(24)30-36(31,32)18-9-10-22-21(15-18)19-5-4-6-20(19)27(29-22)16-7-11-25(34-2)26(13-16)35-3/h4-5,7-15,19-20,27,29-30H,6H2,1-3H3/t19-,20+,27+/m0/s1. The molecule has 1 aliphatic carbocycles. The Morgan fingerprint density at radius 3 is 2.42 bits per heavy atom. The van der Waals surface area contributed by atoms with Crippen LogP contribution in [-0.2, 0) is 10.0 Å². The quantitative estimate of drug-likeness (QED) is 0.368. The Balaban J connectivity index is 1.49. The minimum absolute atomic E-state index is 0.0358. The summed E-state index contributed by atoms with van der Waals surface area (Å²) in [5.74, 6) is 2.05. The van der Waals surface area contributed by atoms with Crippen molar-refractivity contribution in [3.8, 4) is 17.2 Å². The van der Waals surface area contributed by atoms with E-state index in [1.54, 1.807) is 38.5 Å². The maximum absolute atomic E-state index is 13.3. The highest BCUT2D eigenvalue weighted by molar-refractivity contribution is 7.92. The van der Waals surface area contributed by atoms with E-state index < -0.39 is 10.0 Å². The number of nitrogens with one attached hydrogen (secondary N) is 2. The smallest absolute Gasteiger partial charge is 0.262 e. The van der Waals surface area contributed by atoms with Crippen molar-refractivity contribution in [3.63, 3.8) is 0 Å². The average molecular weight is 527 g/mol. The third kappa shape index (κ3) is 4.35. The highest BCUT2D eigenvalue weighted by Crippen LogP contribution is 2.51. The van der Waals surface area contributed by atoms with Gasteiger partial charge in [0, 0.05) is 16.6 Å². The van der Waals surface area contributed by atoms with E-state index in [0.29, 0.717) is 22.3 Å². The number of methoxy groups -OCH3 is 3. The zero-order valence-electron chi connectivity index (χ0n) is 20.1. The molecule has 0 aromatic heterocycles. The predicted molar refractivity (Wildman–Crippen MR) is 141 cm³/mol. The van der Waals surface area contributed by atoms with Crippen LogP contribution in [-0.4, -0.2) is 29.7 Å². The molecule has 1 heterocycles. The van der Waals surface area contributed by atoms with Gasteiger partial charge in [0.25, 0.3) is 10.0 Å². The molecule has 0 unspecified atom stereocenters. The first-order valence-electron chi connectivity index (χ1n) is 11.5. The number of rotatable bonds is 7. The minimum atomic E-state index is -3.88. The molecule has 9 heteroatoms. The van der Waals surface area contributed by atoms with Crippen LogP contribution < -0.4 is 24.2 Å². The zero-order valence-corrected chi connectivity index (χ0v) is 21.7. The maximum Gasteiger partial charge on any atom is 0.262 e. The number of halogens is 1. The number of ether oxygens (including phenoxy) is 3. The molecule has 3 atom stereocenters. The molecule has 0 amide bonds. The molecule has 0 bridgehead atoms. The summed E-state index contributed by atoms with van der Waals surface area (Å²) in [7, 11) is 0.844. The maximum atomic E-state index is 13.3. The third-order valence-electron chi connectivity index (χ3n) is 6.82. The lowest BCUT2D eigenvalue weighted by Gasteiger charge is -2.38. The van der Waals surface area contributed by atoms with Crippen molar-refractivity contribution in [2.45, 2.75) is 23.3 Å². The van der Waals surface area contributed by atoms with E-state index in [9.17, 15) is 8.42 Å². The van der Waals surface area contributed by atoms with Gasteiger partial charge in [-0.1, -0.05) is 29.8 Å². The molecule has 36 heavy (non-hydrogen) atoms. The van der Waals surface area contributed by atoms with Crippen LogP contribution in [0.3, 0.4) is 0 Å². The molecule has 0 fully saturated rings. The van der Waals surface area contributed by atoms with Gasteiger partial charge in [-0.25, -0.2) is 8.42 Å². The lowest BCUT2D eigenvalue weighted by Crippen LogP contribution is -2.29. The van der Waals surface area contributed by atoms with E-state index in [0.717, 1.165) is 23.2 Å². The molecule has 0 spiro atoms. The van der Waals surface area contributed by atoms with Gasteiger partial charge in [-0.15, -0.1) is 0 Å². The van der Waals surface area contributed by atoms with E-state index >= 15 is 0 Å². The molecule has 0 saturated carbocycles. The molecule has 3 aromatic rings.